The van der Waals surface area contributed by atoms with Crippen molar-refractivity contribution in [1.29, 1.82) is 0 Å². The second-order valence-corrected chi connectivity index (χ2v) is 4.41. The fraction of sp³-hybridized carbons (Fsp3) is 0.900. The molecule has 1 saturated heterocycles. The van der Waals surface area contributed by atoms with E-state index >= 15 is 0 Å². The van der Waals surface area contributed by atoms with Crippen LogP contribution in [0.4, 0.5) is 0 Å². The van der Waals surface area contributed by atoms with E-state index in [4.69, 9.17) is 0 Å². The highest BCUT2D eigenvalue weighted by Crippen LogP contribution is 2.44. The average molecular weight is 196 g/mol. The van der Waals surface area contributed by atoms with Crippen LogP contribution in [0.2, 0.25) is 0 Å². The van der Waals surface area contributed by atoms with E-state index in [2.05, 4.69) is 10.3 Å². The van der Waals surface area contributed by atoms with Crippen LogP contribution in [0.1, 0.15) is 25.7 Å². The Labute approximate surface area is 83.4 Å². The zero-order chi connectivity index (χ0) is 10.0. The Hall–Kier alpha value is -0.700. The van der Waals surface area contributed by atoms with Crippen LogP contribution in [0.3, 0.4) is 0 Å². The van der Waals surface area contributed by atoms with Gasteiger partial charge in [-0.3, -0.25) is 0 Å². The van der Waals surface area contributed by atoms with Gasteiger partial charge in [0.25, 0.3) is 0 Å². The molecule has 4 heteroatoms. The third-order valence-electron chi connectivity index (χ3n) is 3.50. The van der Waals surface area contributed by atoms with Gasteiger partial charge in [-0.05, 0) is 38.1 Å². The van der Waals surface area contributed by atoms with E-state index in [1.54, 1.807) is 6.08 Å². The van der Waals surface area contributed by atoms with Gasteiger partial charge in [-0.1, -0.05) is 0 Å². The molecule has 2 aliphatic rings. The van der Waals surface area contributed by atoms with E-state index in [0.29, 0.717) is 18.8 Å². The Morgan fingerprint density at radius 1 is 1.50 bits per heavy atom. The van der Waals surface area contributed by atoms with Crippen molar-refractivity contribution >= 4 is 6.08 Å². The Kier molecular flexibility index (Phi) is 2.68. The topological polar surface area (TPSA) is 61.7 Å². The van der Waals surface area contributed by atoms with Crippen molar-refractivity contribution in [2.75, 3.05) is 13.1 Å². The summed E-state index contributed by atoms with van der Waals surface area (Å²) in [6, 6.07) is 0. The molecule has 14 heavy (non-hydrogen) atoms. The predicted octanol–water partition coefficient (Wildman–Crippen LogP) is 0.215. The molecule has 2 fully saturated rings. The molecule has 0 bridgehead atoms. The molecule has 0 radical (unpaired) electrons. The van der Waals surface area contributed by atoms with Gasteiger partial charge < -0.3 is 10.4 Å². The number of nitrogens with zero attached hydrogens (tertiary/aromatic N) is 1. The van der Waals surface area contributed by atoms with Crippen LogP contribution in [0, 0.1) is 5.92 Å². The van der Waals surface area contributed by atoms with Crippen molar-refractivity contribution in [3.63, 3.8) is 0 Å². The van der Waals surface area contributed by atoms with Gasteiger partial charge in [-0.25, -0.2) is 4.79 Å². The Balaban J connectivity index is 2.06. The van der Waals surface area contributed by atoms with Crippen LogP contribution in [0.5, 0.6) is 0 Å². The first-order valence-corrected chi connectivity index (χ1v) is 5.25. The monoisotopic (exact) mass is 196 g/mol. The Bertz CT molecular complexity index is 249. The summed E-state index contributed by atoms with van der Waals surface area (Å²) in [6.07, 6.45) is 4.90. The minimum absolute atomic E-state index is 0.269. The minimum atomic E-state index is -0.297. The molecule has 0 spiro atoms. The van der Waals surface area contributed by atoms with Crippen molar-refractivity contribution in [1.82, 2.24) is 5.32 Å². The molecule has 1 aliphatic carbocycles. The molecule has 1 heterocycles. The van der Waals surface area contributed by atoms with Crippen molar-refractivity contribution in [3.05, 3.63) is 0 Å². The summed E-state index contributed by atoms with van der Waals surface area (Å²) in [7, 11) is 0. The summed E-state index contributed by atoms with van der Waals surface area (Å²) < 4.78 is 0. The number of rotatable bonds is 2. The maximum absolute atomic E-state index is 10.4. The van der Waals surface area contributed by atoms with Crippen LogP contribution in [-0.4, -0.2) is 35.9 Å². The van der Waals surface area contributed by atoms with Crippen LogP contribution in [-0.2, 0) is 4.79 Å². The maximum atomic E-state index is 10.4. The lowest BCUT2D eigenvalue weighted by molar-refractivity contribution is -0.0125. The van der Waals surface area contributed by atoms with Crippen molar-refractivity contribution in [2.45, 2.75) is 37.3 Å². The zero-order valence-electron chi connectivity index (χ0n) is 8.20. The SMILES string of the molecule is O=C=NC1(C2CCCNC2)CC(O)C1. The molecule has 2 N–H and O–H groups in total. The molecule has 1 atom stereocenters. The van der Waals surface area contributed by atoms with Gasteiger partial charge in [0.1, 0.15) is 0 Å². The number of aliphatic hydroxyl groups is 1. The highest BCUT2D eigenvalue weighted by Gasteiger charge is 2.49. The van der Waals surface area contributed by atoms with Crippen LogP contribution in [0.15, 0.2) is 4.99 Å². The molecule has 0 aromatic rings. The summed E-state index contributed by atoms with van der Waals surface area (Å²) >= 11 is 0. The highest BCUT2D eigenvalue weighted by atomic mass is 16.3. The van der Waals surface area contributed by atoms with Gasteiger partial charge >= 0.3 is 0 Å². The Morgan fingerprint density at radius 3 is 2.79 bits per heavy atom. The minimum Gasteiger partial charge on any atom is -0.393 e. The molecule has 1 unspecified atom stereocenters. The number of carbonyl (C=O) groups excluding carboxylic acids is 1. The lowest BCUT2D eigenvalue weighted by atomic mass is 9.65. The van der Waals surface area contributed by atoms with E-state index in [-0.39, 0.29) is 11.6 Å². The van der Waals surface area contributed by atoms with Gasteiger partial charge in [0.05, 0.1) is 11.6 Å². The van der Waals surface area contributed by atoms with Crippen molar-refractivity contribution in [2.24, 2.45) is 10.9 Å². The first-order valence-electron chi connectivity index (χ1n) is 5.25. The third kappa shape index (κ3) is 1.61. The molecule has 4 nitrogen and oxygen atoms in total. The largest absolute Gasteiger partial charge is 0.393 e. The summed E-state index contributed by atoms with van der Waals surface area (Å²) in [4.78, 5) is 14.3. The summed E-state index contributed by atoms with van der Waals surface area (Å²) in [5.74, 6) is 0.404. The molecule has 0 amide bonds. The molecule has 1 aliphatic heterocycles. The van der Waals surface area contributed by atoms with Crippen LogP contribution in [0.25, 0.3) is 0 Å². The van der Waals surface area contributed by atoms with Gasteiger partial charge in [-0.2, -0.15) is 4.99 Å². The quantitative estimate of drug-likeness (QED) is 0.490. The first kappa shape index (κ1) is 9.84. The fourth-order valence-corrected chi connectivity index (χ4v) is 2.67. The van der Waals surface area contributed by atoms with Crippen molar-refractivity contribution in [3.8, 4) is 0 Å². The molecule has 2 rings (SSSR count). The molecule has 0 aromatic heterocycles. The zero-order valence-corrected chi connectivity index (χ0v) is 8.20. The number of aliphatic imine (C=N–C) groups is 1. The molecule has 1 saturated carbocycles. The maximum Gasteiger partial charge on any atom is 0.235 e. The molecule has 78 valence electrons. The predicted molar refractivity (Wildman–Crippen MR) is 51.7 cm³/mol. The van der Waals surface area contributed by atoms with Gasteiger partial charge in [-0.15, -0.1) is 0 Å². The number of hydrogen-bond acceptors (Lipinski definition) is 4. The second-order valence-electron chi connectivity index (χ2n) is 4.41. The van der Waals surface area contributed by atoms with E-state index in [1.165, 1.54) is 0 Å². The third-order valence-corrected chi connectivity index (χ3v) is 3.50. The van der Waals surface area contributed by atoms with E-state index < -0.39 is 0 Å². The lowest BCUT2D eigenvalue weighted by Gasteiger charge is -2.47. The lowest BCUT2D eigenvalue weighted by Crippen LogP contribution is -2.55. The second kappa shape index (κ2) is 3.81. The fourth-order valence-electron chi connectivity index (χ4n) is 2.67. The molecule has 0 aromatic carbocycles. The number of hydrogen-bond donors (Lipinski definition) is 2. The summed E-state index contributed by atoms with van der Waals surface area (Å²) in [5, 5.41) is 12.6. The van der Waals surface area contributed by atoms with Gasteiger partial charge in [0, 0.05) is 6.54 Å². The van der Waals surface area contributed by atoms with Crippen LogP contribution < -0.4 is 5.32 Å². The van der Waals surface area contributed by atoms with E-state index in [0.717, 1.165) is 25.9 Å². The normalized spacial score (nSPS) is 42.4. The van der Waals surface area contributed by atoms with Gasteiger partial charge in [0.2, 0.25) is 6.08 Å². The molecular weight excluding hydrogens is 180 g/mol. The number of nitrogens with one attached hydrogen (secondary N) is 1. The van der Waals surface area contributed by atoms with E-state index in [9.17, 15) is 9.90 Å². The molecular formula is C10H16N2O2. The number of isocyanates is 1. The van der Waals surface area contributed by atoms with Crippen molar-refractivity contribution < 1.29 is 9.90 Å². The number of aliphatic hydroxyl groups excluding tert-OH is 1. The smallest absolute Gasteiger partial charge is 0.235 e. The average Bonchev–Trinajstić information content (AvgIpc) is 2.17. The first-order chi connectivity index (χ1) is 6.77. The highest BCUT2D eigenvalue weighted by molar-refractivity contribution is 5.36. The standard InChI is InChI=1S/C10H16N2O2/c13-7-12-10(4-9(14)5-10)8-2-1-3-11-6-8/h8-9,11,14H,1-6H2. The summed E-state index contributed by atoms with van der Waals surface area (Å²) in [5.41, 5.74) is -0.297. The van der Waals surface area contributed by atoms with Crippen LogP contribution >= 0.6 is 0 Å². The van der Waals surface area contributed by atoms with Gasteiger partial charge in [0.15, 0.2) is 0 Å². The van der Waals surface area contributed by atoms with E-state index in [1.807, 2.05) is 0 Å². The number of piperidine rings is 1. The Morgan fingerprint density at radius 2 is 2.29 bits per heavy atom. The summed E-state index contributed by atoms with van der Waals surface area (Å²) in [6.45, 7) is 1.97.